The molecule has 1 aliphatic rings. The van der Waals surface area contributed by atoms with E-state index < -0.39 is 29.1 Å². The topological polar surface area (TPSA) is 52.6 Å². The van der Waals surface area contributed by atoms with Gasteiger partial charge in [-0.25, -0.2) is 0 Å². The third-order valence-electron chi connectivity index (χ3n) is 3.85. The average molecular weight is 330 g/mol. The number of fused-ring (bicyclic) bond motifs is 1. The molecule has 0 saturated carbocycles. The molecule has 0 saturated heterocycles. The van der Waals surface area contributed by atoms with E-state index in [9.17, 15) is 22.8 Å². The second-order valence-electron chi connectivity index (χ2n) is 5.36. The van der Waals surface area contributed by atoms with Gasteiger partial charge in [0.2, 0.25) is 0 Å². The van der Waals surface area contributed by atoms with Gasteiger partial charge in [-0.05, 0) is 49.9 Å². The Morgan fingerprint density at radius 3 is 2.04 bits per heavy atom. The van der Waals surface area contributed by atoms with Crippen LogP contribution in [0.1, 0.15) is 30.5 Å². The number of hydrogen-bond donors (Lipinski definition) is 0. The highest BCUT2D eigenvalue weighted by molar-refractivity contribution is 6.01. The zero-order valence-electron chi connectivity index (χ0n) is 12.8. The van der Waals surface area contributed by atoms with Crippen molar-refractivity contribution in [2.24, 2.45) is 5.41 Å². The van der Waals surface area contributed by atoms with Crippen LogP contribution in [0.2, 0.25) is 0 Å². The van der Waals surface area contributed by atoms with Crippen LogP contribution in [0.25, 0.3) is 0 Å². The van der Waals surface area contributed by atoms with Crippen LogP contribution in [-0.4, -0.2) is 25.2 Å². The summed E-state index contributed by atoms with van der Waals surface area (Å²) in [6.07, 6.45) is -4.64. The van der Waals surface area contributed by atoms with E-state index in [4.69, 9.17) is 9.47 Å². The minimum atomic E-state index is -4.48. The number of alkyl halides is 3. The predicted octanol–water partition coefficient (Wildman–Crippen LogP) is 2.92. The summed E-state index contributed by atoms with van der Waals surface area (Å²) < 4.78 is 48.4. The summed E-state index contributed by atoms with van der Waals surface area (Å²) >= 11 is 0. The number of carbonyl (C=O) groups excluding carboxylic acids is 2. The summed E-state index contributed by atoms with van der Waals surface area (Å²) in [7, 11) is 0. The largest absolute Gasteiger partial charge is 0.465 e. The van der Waals surface area contributed by atoms with Gasteiger partial charge in [-0.2, -0.15) is 13.2 Å². The van der Waals surface area contributed by atoms with E-state index >= 15 is 0 Å². The van der Waals surface area contributed by atoms with Crippen molar-refractivity contribution in [1.82, 2.24) is 0 Å². The number of carbonyl (C=O) groups is 2. The molecule has 0 radical (unpaired) electrons. The molecule has 0 fully saturated rings. The van der Waals surface area contributed by atoms with Gasteiger partial charge in [-0.15, -0.1) is 0 Å². The highest BCUT2D eigenvalue weighted by atomic mass is 19.4. The lowest BCUT2D eigenvalue weighted by Crippen LogP contribution is -2.43. The molecule has 0 atom stereocenters. The summed E-state index contributed by atoms with van der Waals surface area (Å²) in [6.45, 7) is 3.34. The molecule has 1 aromatic carbocycles. The summed E-state index contributed by atoms with van der Waals surface area (Å²) in [6, 6.07) is 3.24. The quantitative estimate of drug-likeness (QED) is 0.629. The number of benzene rings is 1. The summed E-state index contributed by atoms with van der Waals surface area (Å²) in [5, 5.41) is 0. The van der Waals surface area contributed by atoms with Crippen molar-refractivity contribution in [3.8, 4) is 0 Å². The third kappa shape index (κ3) is 3.18. The molecule has 126 valence electrons. The molecule has 1 aromatic rings. The van der Waals surface area contributed by atoms with Crippen molar-refractivity contribution < 1.29 is 32.2 Å². The molecule has 2 rings (SSSR count). The lowest BCUT2D eigenvalue weighted by Gasteiger charge is -2.23. The van der Waals surface area contributed by atoms with Gasteiger partial charge >= 0.3 is 18.1 Å². The number of rotatable bonds is 4. The SMILES string of the molecule is CCOC(=O)C1(C(=O)OCC)Cc2ccc(C(F)(F)F)cc2C1. The molecule has 23 heavy (non-hydrogen) atoms. The van der Waals surface area contributed by atoms with E-state index in [-0.39, 0.29) is 26.1 Å². The lowest BCUT2D eigenvalue weighted by atomic mass is 9.84. The first-order chi connectivity index (χ1) is 10.7. The normalized spacial score (nSPS) is 15.9. The van der Waals surface area contributed by atoms with Crippen molar-refractivity contribution in [2.45, 2.75) is 32.9 Å². The molecule has 7 heteroatoms. The second kappa shape index (κ2) is 6.22. The van der Waals surface area contributed by atoms with Crippen LogP contribution in [0, 0.1) is 5.41 Å². The van der Waals surface area contributed by atoms with E-state index in [1.165, 1.54) is 6.07 Å². The highest BCUT2D eigenvalue weighted by Gasteiger charge is 2.53. The standard InChI is InChI=1S/C16H17F3O4/c1-3-22-13(20)15(14(21)23-4-2)8-10-5-6-12(16(17,18)19)7-11(10)9-15/h5-7H,3-4,8-9H2,1-2H3. The van der Waals surface area contributed by atoms with E-state index in [1.807, 2.05) is 0 Å². The van der Waals surface area contributed by atoms with Crippen LogP contribution >= 0.6 is 0 Å². The van der Waals surface area contributed by atoms with Gasteiger partial charge in [0.1, 0.15) is 0 Å². The Hall–Kier alpha value is -2.05. The van der Waals surface area contributed by atoms with E-state index in [1.54, 1.807) is 13.8 Å². The van der Waals surface area contributed by atoms with Crippen LogP contribution in [0.5, 0.6) is 0 Å². The Kier molecular flexibility index (Phi) is 4.68. The van der Waals surface area contributed by atoms with Crippen LogP contribution in [-0.2, 0) is 38.1 Å². The Balaban J connectivity index is 2.40. The molecule has 1 aliphatic carbocycles. The van der Waals surface area contributed by atoms with Crippen LogP contribution in [0.15, 0.2) is 18.2 Å². The van der Waals surface area contributed by atoms with Gasteiger partial charge in [-0.1, -0.05) is 6.07 Å². The van der Waals surface area contributed by atoms with Gasteiger partial charge in [0.25, 0.3) is 0 Å². The minimum Gasteiger partial charge on any atom is -0.465 e. The first-order valence-corrected chi connectivity index (χ1v) is 7.28. The van der Waals surface area contributed by atoms with Crippen molar-refractivity contribution in [3.63, 3.8) is 0 Å². The molecular formula is C16H17F3O4. The zero-order valence-corrected chi connectivity index (χ0v) is 12.8. The molecule has 4 nitrogen and oxygen atoms in total. The van der Waals surface area contributed by atoms with Crippen molar-refractivity contribution in [2.75, 3.05) is 13.2 Å². The lowest BCUT2D eigenvalue weighted by molar-refractivity contribution is -0.171. The molecular weight excluding hydrogens is 313 g/mol. The zero-order chi connectivity index (χ0) is 17.3. The van der Waals surface area contributed by atoms with Crippen LogP contribution in [0.3, 0.4) is 0 Å². The highest BCUT2D eigenvalue weighted by Crippen LogP contribution is 2.41. The molecule has 0 spiro atoms. The average Bonchev–Trinajstić information content (AvgIpc) is 2.86. The van der Waals surface area contributed by atoms with Gasteiger partial charge < -0.3 is 9.47 Å². The molecule has 0 amide bonds. The maximum atomic E-state index is 12.8. The number of hydrogen-bond acceptors (Lipinski definition) is 4. The first-order valence-electron chi connectivity index (χ1n) is 7.28. The maximum absolute atomic E-state index is 12.8. The molecule has 0 aromatic heterocycles. The number of halogens is 3. The predicted molar refractivity (Wildman–Crippen MR) is 74.6 cm³/mol. The van der Waals surface area contributed by atoms with Crippen molar-refractivity contribution in [1.29, 1.82) is 0 Å². The fourth-order valence-electron chi connectivity index (χ4n) is 2.76. The maximum Gasteiger partial charge on any atom is 0.416 e. The third-order valence-corrected chi connectivity index (χ3v) is 3.85. The minimum absolute atomic E-state index is 0.0157. The molecule has 0 unspecified atom stereocenters. The van der Waals surface area contributed by atoms with Gasteiger partial charge in [0.05, 0.1) is 18.8 Å². The van der Waals surface area contributed by atoms with Crippen molar-refractivity contribution in [3.05, 3.63) is 34.9 Å². The van der Waals surface area contributed by atoms with Gasteiger partial charge in [-0.3, -0.25) is 9.59 Å². The van der Waals surface area contributed by atoms with Crippen LogP contribution in [0.4, 0.5) is 13.2 Å². The number of esters is 2. The number of ether oxygens (including phenoxy) is 2. The molecule has 0 aliphatic heterocycles. The Morgan fingerprint density at radius 1 is 1.04 bits per heavy atom. The summed E-state index contributed by atoms with van der Waals surface area (Å²) in [4.78, 5) is 24.6. The van der Waals surface area contributed by atoms with Gasteiger partial charge in [0.15, 0.2) is 5.41 Å². The summed E-state index contributed by atoms with van der Waals surface area (Å²) in [5.74, 6) is -1.52. The smallest absolute Gasteiger partial charge is 0.416 e. The Morgan fingerprint density at radius 2 is 1.57 bits per heavy atom. The van der Waals surface area contributed by atoms with Gasteiger partial charge in [0, 0.05) is 0 Å². The molecule has 0 heterocycles. The Labute approximate surface area is 131 Å². The second-order valence-corrected chi connectivity index (χ2v) is 5.36. The molecule has 0 N–H and O–H groups in total. The Bertz CT molecular complexity index is 604. The van der Waals surface area contributed by atoms with E-state index in [0.29, 0.717) is 11.1 Å². The molecule has 0 bridgehead atoms. The monoisotopic (exact) mass is 330 g/mol. The fraction of sp³-hybridized carbons (Fsp3) is 0.500. The van der Waals surface area contributed by atoms with E-state index in [0.717, 1.165) is 12.1 Å². The summed E-state index contributed by atoms with van der Waals surface area (Å²) in [5.41, 5.74) is -1.56. The van der Waals surface area contributed by atoms with Crippen molar-refractivity contribution >= 4 is 11.9 Å². The fourth-order valence-corrected chi connectivity index (χ4v) is 2.76. The van der Waals surface area contributed by atoms with E-state index in [2.05, 4.69) is 0 Å². The first kappa shape index (κ1) is 17.3. The van der Waals surface area contributed by atoms with Crippen LogP contribution < -0.4 is 0 Å².